The molecule has 0 spiro atoms. The molecular weight excluding hydrogens is 214 g/mol. The van der Waals surface area contributed by atoms with Crippen LogP contribution in [-0.4, -0.2) is 16.8 Å². The second kappa shape index (κ2) is 5.73. The zero-order valence-corrected chi connectivity index (χ0v) is 9.95. The van der Waals surface area contributed by atoms with E-state index in [4.69, 9.17) is 0 Å². The largest absolute Gasteiger partial charge is 0.504 e. The number of phenolic OH excluding ortho intramolecular Hbond substituents is 2. The van der Waals surface area contributed by atoms with Crippen molar-refractivity contribution in [2.24, 2.45) is 0 Å². The van der Waals surface area contributed by atoms with Crippen molar-refractivity contribution in [3.05, 3.63) is 35.4 Å². The minimum atomic E-state index is -0.0530. The number of hydrogen-bond acceptors (Lipinski definition) is 3. The molecule has 1 aliphatic rings. The average molecular weight is 233 g/mol. The Balaban J connectivity index is 1.76. The third-order valence-corrected chi connectivity index (χ3v) is 3.17. The summed E-state index contributed by atoms with van der Waals surface area (Å²) in [6.07, 6.45) is 7.16. The number of allylic oxidation sites excluding steroid dienone is 1. The summed E-state index contributed by atoms with van der Waals surface area (Å²) < 4.78 is 0. The van der Waals surface area contributed by atoms with Crippen LogP contribution in [0.2, 0.25) is 0 Å². The van der Waals surface area contributed by atoms with Crippen molar-refractivity contribution < 1.29 is 10.2 Å². The van der Waals surface area contributed by atoms with Gasteiger partial charge in [-0.3, -0.25) is 0 Å². The summed E-state index contributed by atoms with van der Waals surface area (Å²) in [6, 6.07) is 5.05. The minimum Gasteiger partial charge on any atom is -0.504 e. The van der Waals surface area contributed by atoms with E-state index in [-0.39, 0.29) is 11.5 Å². The van der Waals surface area contributed by atoms with Crippen molar-refractivity contribution in [3.8, 4) is 11.5 Å². The van der Waals surface area contributed by atoms with Crippen molar-refractivity contribution >= 4 is 0 Å². The molecule has 3 heteroatoms. The van der Waals surface area contributed by atoms with E-state index in [1.807, 2.05) is 6.07 Å². The Morgan fingerprint density at radius 1 is 1.24 bits per heavy atom. The fourth-order valence-electron chi connectivity index (χ4n) is 2.16. The van der Waals surface area contributed by atoms with Crippen LogP contribution in [0.5, 0.6) is 11.5 Å². The molecule has 2 rings (SSSR count). The van der Waals surface area contributed by atoms with Gasteiger partial charge in [-0.2, -0.15) is 0 Å². The molecule has 3 N–H and O–H groups in total. The molecule has 0 saturated carbocycles. The van der Waals surface area contributed by atoms with Crippen molar-refractivity contribution in [3.63, 3.8) is 0 Å². The van der Waals surface area contributed by atoms with Crippen LogP contribution in [0.25, 0.3) is 0 Å². The van der Waals surface area contributed by atoms with Crippen molar-refractivity contribution in [2.45, 2.75) is 32.2 Å². The number of benzene rings is 1. The van der Waals surface area contributed by atoms with E-state index in [1.165, 1.54) is 30.9 Å². The predicted molar refractivity (Wildman–Crippen MR) is 68.0 cm³/mol. The van der Waals surface area contributed by atoms with E-state index >= 15 is 0 Å². The van der Waals surface area contributed by atoms with E-state index in [9.17, 15) is 10.2 Å². The number of nitrogens with one attached hydrogen (secondary N) is 1. The van der Waals surface area contributed by atoms with Crippen LogP contribution in [0.15, 0.2) is 29.8 Å². The maximum Gasteiger partial charge on any atom is 0.161 e. The number of rotatable bonds is 5. The Morgan fingerprint density at radius 3 is 2.88 bits per heavy atom. The molecule has 1 aromatic rings. The topological polar surface area (TPSA) is 52.5 Å². The van der Waals surface area contributed by atoms with Gasteiger partial charge in [0, 0.05) is 12.1 Å². The summed E-state index contributed by atoms with van der Waals surface area (Å²) in [5, 5.41) is 22.2. The SMILES string of the molecule is Oc1cccc(CNCCC2=CCCC2)c1O. The van der Waals surface area contributed by atoms with E-state index < -0.39 is 0 Å². The first-order valence-corrected chi connectivity index (χ1v) is 6.16. The quantitative estimate of drug-likeness (QED) is 0.416. The lowest BCUT2D eigenvalue weighted by molar-refractivity contribution is 0.398. The summed E-state index contributed by atoms with van der Waals surface area (Å²) in [5.74, 6) is -0.0668. The number of para-hydroxylation sites is 1. The maximum atomic E-state index is 9.61. The predicted octanol–water partition coefficient (Wildman–Crippen LogP) is 2.69. The number of phenols is 2. The molecular formula is C14H19NO2. The highest BCUT2D eigenvalue weighted by Crippen LogP contribution is 2.28. The molecule has 0 aliphatic heterocycles. The normalized spacial score (nSPS) is 14.9. The van der Waals surface area contributed by atoms with Gasteiger partial charge in [0.25, 0.3) is 0 Å². The van der Waals surface area contributed by atoms with Crippen LogP contribution >= 0.6 is 0 Å². The molecule has 0 amide bonds. The Hall–Kier alpha value is -1.48. The van der Waals surface area contributed by atoms with E-state index in [0.717, 1.165) is 18.5 Å². The third kappa shape index (κ3) is 3.24. The molecule has 0 heterocycles. The highest BCUT2D eigenvalue weighted by atomic mass is 16.3. The lowest BCUT2D eigenvalue weighted by Crippen LogP contribution is -2.15. The van der Waals surface area contributed by atoms with Gasteiger partial charge >= 0.3 is 0 Å². The Labute approximate surface area is 102 Å². The molecule has 3 nitrogen and oxygen atoms in total. The molecule has 17 heavy (non-hydrogen) atoms. The van der Waals surface area contributed by atoms with E-state index in [1.54, 1.807) is 6.07 Å². The summed E-state index contributed by atoms with van der Waals surface area (Å²) >= 11 is 0. The maximum absolute atomic E-state index is 9.61. The first-order chi connectivity index (χ1) is 8.27. The fraction of sp³-hybridized carbons (Fsp3) is 0.429. The van der Waals surface area contributed by atoms with Gasteiger partial charge in [-0.15, -0.1) is 0 Å². The van der Waals surface area contributed by atoms with Crippen LogP contribution in [0.3, 0.4) is 0 Å². The molecule has 0 aromatic heterocycles. The summed E-state index contributed by atoms with van der Waals surface area (Å²) in [5.41, 5.74) is 2.28. The highest BCUT2D eigenvalue weighted by molar-refractivity contribution is 5.44. The molecule has 0 radical (unpaired) electrons. The lowest BCUT2D eigenvalue weighted by atomic mass is 10.1. The molecule has 0 atom stereocenters. The summed E-state index contributed by atoms with van der Waals surface area (Å²) in [6.45, 7) is 1.51. The first kappa shape index (κ1) is 12.0. The molecule has 0 saturated heterocycles. The van der Waals surface area contributed by atoms with Gasteiger partial charge in [0.1, 0.15) is 0 Å². The van der Waals surface area contributed by atoms with Crippen molar-refractivity contribution in [1.82, 2.24) is 5.32 Å². The second-order valence-electron chi connectivity index (χ2n) is 4.47. The van der Waals surface area contributed by atoms with Crippen LogP contribution in [-0.2, 0) is 6.54 Å². The molecule has 1 aliphatic carbocycles. The molecule has 92 valence electrons. The van der Waals surface area contributed by atoms with Crippen LogP contribution in [0, 0.1) is 0 Å². The van der Waals surface area contributed by atoms with Gasteiger partial charge in [0.2, 0.25) is 0 Å². The smallest absolute Gasteiger partial charge is 0.161 e. The van der Waals surface area contributed by atoms with Gasteiger partial charge in [-0.1, -0.05) is 23.8 Å². The van der Waals surface area contributed by atoms with Gasteiger partial charge in [0.15, 0.2) is 11.5 Å². The van der Waals surface area contributed by atoms with Crippen LogP contribution < -0.4 is 5.32 Å². The highest BCUT2D eigenvalue weighted by Gasteiger charge is 2.06. The monoisotopic (exact) mass is 233 g/mol. The Morgan fingerprint density at radius 2 is 2.12 bits per heavy atom. The minimum absolute atomic E-state index is 0.0138. The molecule has 0 unspecified atom stereocenters. The van der Waals surface area contributed by atoms with Gasteiger partial charge in [0.05, 0.1) is 0 Å². The lowest BCUT2D eigenvalue weighted by Gasteiger charge is -2.08. The summed E-state index contributed by atoms with van der Waals surface area (Å²) in [7, 11) is 0. The Bertz CT molecular complexity index is 413. The zero-order valence-electron chi connectivity index (χ0n) is 9.95. The number of aromatic hydroxyl groups is 2. The van der Waals surface area contributed by atoms with Crippen LogP contribution in [0.1, 0.15) is 31.2 Å². The van der Waals surface area contributed by atoms with Gasteiger partial charge in [-0.25, -0.2) is 0 Å². The average Bonchev–Trinajstić information content (AvgIpc) is 2.83. The summed E-state index contributed by atoms with van der Waals surface area (Å²) in [4.78, 5) is 0. The van der Waals surface area contributed by atoms with E-state index in [2.05, 4.69) is 11.4 Å². The standard InChI is InChI=1S/C14H19NO2/c16-13-7-3-6-12(14(13)17)10-15-9-8-11-4-1-2-5-11/h3-4,6-7,15-17H,1-2,5,8-10H2. The van der Waals surface area contributed by atoms with E-state index in [0.29, 0.717) is 6.54 Å². The Kier molecular flexibility index (Phi) is 4.04. The third-order valence-electron chi connectivity index (χ3n) is 3.17. The first-order valence-electron chi connectivity index (χ1n) is 6.16. The zero-order chi connectivity index (χ0) is 12.1. The second-order valence-corrected chi connectivity index (χ2v) is 4.47. The fourth-order valence-corrected chi connectivity index (χ4v) is 2.16. The molecule has 1 aromatic carbocycles. The number of hydrogen-bond donors (Lipinski definition) is 3. The van der Waals surface area contributed by atoms with Crippen molar-refractivity contribution in [1.29, 1.82) is 0 Å². The molecule has 0 bridgehead atoms. The van der Waals surface area contributed by atoms with Crippen LogP contribution in [0.4, 0.5) is 0 Å². The van der Waals surface area contributed by atoms with Gasteiger partial charge in [-0.05, 0) is 38.3 Å². The molecule has 0 fully saturated rings. The van der Waals surface area contributed by atoms with Gasteiger partial charge < -0.3 is 15.5 Å². The van der Waals surface area contributed by atoms with Crippen molar-refractivity contribution in [2.75, 3.05) is 6.54 Å².